The van der Waals surface area contributed by atoms with Crippen LogP contribution < -0.4 is 0 Å². The SMILES string of the molecule is CC(C)CC(C(=O)O)N(CCc1coc(Cc2cc(Cl)cc(Cl)c2)n1)C(=O)O. The summed E-state index contributed by atoms with van der Waals surface area (Å²) in [4.78, 5) is 28.3. The van der Waals surface area contributed by atoms with Crippen LogP contribution in [0.4, 0.5) is 4.79 Å². The molecule has 1 heterocycles. The van der Waals surface area contributed by atoms with Gasteiger partial charge < -0.3 is 14.6 Å². The van der Waals surface area contributed by atoms with E-state index >= 15 is 0 Å². The zero-order chi connectivity index (χ0) is 20.8. The molecule has 0 spiro atoms. The van der Waals surface area contributed by atoms with Crippen LogP contribution >= 0.6 is 23.2 Å². The summed E-state index contributed by atoms with van der Waals surface area (Å²) in [5.41, 5.74) is 1.38. The molecule has 28 heavy (non-hydrogen) atoms. The summed E-state index contributed by atoms with van der Waals surface area (Å²) in [7, 11) is 0. The maximum absolute atomic E-state index is 11.6. The third-order valence-electron chi connectivity index (χ3n) is 4.09. The van der Waals surface area contributed by atoms with Gasteiger partial charge in [-0.25, -0.2) is 14.6 Å². The molecular weight excluding hydrogens is 407 g/mol. The molecule has 0 aliphatic heterocycles. The van der Waals surface area contributed by atoms with E-state index in [0.29, 0.717) is 28.1 Å². The monoisotopic (exact) mass is 428 g/mol. The number of carboxylic acid groups (broad SMARTS) is 2. The number of halogens is 2. The maximum Gasteiger partial charge on any atom is 0.408 e. The van der Waals surface area contributed by atoms with Crippen molar-refractivity contribution in [2.45, 2.75) is 39.2 Å². The van der Waals surface area contributed by atoms with E-state index in [2.05, 4.69) is 4.98 Å². The van der Waals surface area contributed by atoms with Crippen LogP contribution in [0.15, 0.2) is 28.9 Å². The number of aromatic nitrogens is 1. The van der Waals surface area contributed by atoms with E-state index in [1.54, 1.807) is 18.2 Å². The van der Waals surface area contributed by atoms with Crippen LogP contribution in [0, 0.1) is 5.92 Å². The van der Waals surface area contributed by atoms with Crippen molar-refractivity contribution in [2.24, 2.45) is 5.92 Å². The predicted molar refractivity (Wildman–Crippen MR) is 105 cm³/mol. The number of nitrogens with zero attached hydrogens (tertiary/aromatic N) is 2. The van der Waals surface area contributed by atoms with E-state index in [0.717, 1.165) is 10.5 Å². The maximum atomic E-state index is 11.6. The molecule has 0 saturated heterocycles. The lowest BCUT2D eigenvalue weighted by atomic mass is 10.0. The molecule has 1 atom stereocenters. The summed E-state index contributed by atoms with van der Waals surface area (Å²) in [5, 5.41) is 19.8. The van der Waals surface area contributed by atoms with E-state index in [1.165, 1.54) is 6.26 Å². The Morgan fingerprint density at radius 2 is 1.82 bits per heavy atom. The molecule has 0 aliphatic rings. The smallest absolute Gasteiger partial charge is 0.408 e. The Morgan fingerprint density at radius 1 is 1.18 bits per heavy atom. The number of oxazole rings is 1. The van der Waals surface area contributed by atoms with Gasteiger partial charge in [0.05, 0.1) is 5.69 Å². The van der Waals surface area contributed by atoms with Crippen LogP contribution in [0.3, 0.4) is 0 Å². The Hall–Kier alpha value is -2.25. The number of carboxylic acids is 1. The van der Waals surface area contributed by atoms with Crippen LogP contribution in [-0.2, 0) is 17.6 Å². The first-order chi connectivity index (χ1) is 13.2. The lowest BCUT2D eigenvalue weighted by Gasteiger charge is -2.27. The van der Waals surface area contributed by atoms with Gasteiger partial charge in [0.1, 0.15) is 12.3 Å². The van der Waals surface area contributed by atoms with Crippen molar-refractivity contribution in [1.29, 1.82) is 0 Å². The molecule has 152 valence electrons. The standard InChI is InChI=1S/C19H22Cl2N2O5/c1-11(2)5-16(18(24)25)23(19(26)27)4-3-15-10-28-17(22-15)8-12-6-13(20)9-14(21)7-12/h6-7,9-11,16H,3-5,8H2,1-2H3,(H,24,25)(H,26,27). The zero-order valence-electron chi connectivity index (χ0n) is 15.6. The summed E-state index contributed by atoms with van der Waals surface area (Å²) in [5.74, 6) is -0.673. The molecule has 9 heteroatoms. The van der Waals surface area contributed by atoms with Crippen LogP contribution in [0.1, 0.15) is 37.4 Å². The van der Waals surface area contributed by atoms with Gasteiger partial charge in [-0.3, -0.25) is 4.90 Å². The molecule has 0 aliphatic carbocycles. The van der Waals surface area contributed by atoms with Crippen LogP contribution in [0.2, 0.25) is 10.0 Å². The van der Waals surface area contributed by atoms with Gasteiger partial charge in [-0.05, 0) is 36.1 Å². The first-order valence-electron chi connectivity index (χ1n) is 8.76. The van der Waals surface area contributed by atoms with Gasteiger partial charge in [0.15, 0.2) is 5.89 Å². The molecule has 1 aromatic heterocycles. The minimum atomic E-state index is -1.27. The Kier molecular flexibility index (Phi) is 7.71. The van der Waals surface area contributed by atoms with Crippen molar-refractivity contribution in [3.8, 4) is 0 Å². The average molecular weight is 429 g/mol. The molecule has 1 aromatic carbocycles. The summed E-state index contributed by atoms with van der Waals surface area (Å²) in [6.45, 7) is 3.71. The van der Waals surface area contributed by atoms with Crippen LogP contribution in [0.25, 0.3) is 0 Å². The van der Waals surface area contributed by atoms with E-state index in [-0.39, 0.29) is 25.3 Å². The minimum Gasteiger partial charge on any atom is -0.480 e. The quantitative estimate of drug-likeness (QED) is 0.604. The highest BCUT2D eigenvalue weighted by Gasteiger charge is 2.30. The zero-order valence-corrected chi connectivity index (χ0v) is 17.1. The number of rotatable bonds is 9. The van der Waals surface area contributed by atoms with E-state index in [9.17, 15) is 19.8 Å². The Balaban J connectivity index is 2.04. The molecule has 2 aromatic rings. The normalized spacial score (nSPS) is 12.2. The third kappa shape index (κ3) is 6.42. The highest BCUT2D eigenvalue weighted by Crippen LogP contribution is 2.21. The fourth-order valence-corrected chi connectivity index (χ4v) is 3.43. The van der Waals surface area contributed by atoms with Gasteiger partial charge in [0.25, 0.3) is 0 Å². The fourth-order valence-electron chi connectivity index (χ4n) is 2.86. The highest BCUT2D eigenvalue weighted by molar-refractivity contribution is 6.34. The van der Waals surface area contributed by atoms with E-state index in [1.807, 2.05) is 13.8 Å². The summed E-state index contributed by atoms with van der Waals surface area (Å²) in [6, 6.07) is 4.04. The Bertz CT molecular complexity index is 817. The first-order valence-corrected chi connectivity index (χ1v) is 9.52. The second-order valence-corrected chi connectivity index (χ2v) is 7.77. The van der Waals surface area contributed by atoms with Crippen LogP contribution in [-0.4, -0.2) is 44.7 Å². The van der Waals surface area contributed by atoms with Gasteiger partial charge in [-0.1, -0.05) is 37.0 Å². The van der Waals surface area contributed by atoms with Crippen molar-refractivity contribution in [3.63, 3.8) is 0 Å². The Morgan fingerprint density at radius 3 is 2.36 bits per heavy atom. The number of carbonyl (C=O) groups is 2. The molecule has 2 rings (SSSR count). The summed E-state index contributed by atoms with van der Waals surface area (Å²) >= 11 is 12.0. The minimum absolute atomic E-state index is 0.00792. The van der Waals surface area contributed by atoms with Crippen LogP contribution in [0.5, 0.6) is 0 Å². The van der Waals surface area contributed by atoms with Crippen molar-refractivity contribution >= 4 is 35.3 Å². The van der Waals surface area contributed by atoms with Gasteiger partial charge in [-0.2, -0.15) is 0 Å². The number of hydrogen-bond acceptors (Lipinski definition) is 4. The molecule has 1 amide bonds. The van der Waals surface area contributed by atoms with Crippen molar-refractivity contribution in [3.05, 3.63) is 51.7 Å². The highest BCUT2D eigenvalue weighted by atomic mass is 35.5. The first kappa shape index (κ1) is 22.0. The topological polar surface area (TPSA) is 104 Å². The van der Waals surface area contributed by atoms with Crippen molar-refractivity contribution in [2.75, 3.05) is 6.54 Å². The van der Waals surface area contributed by atoms with Crippen molar-refractivity contribution in [1.82, 2.24) is 9.88 Å². The van der Waals surface area contributed by atoms with Crippen molar-refractivity contribution < 1.29 is 24.2 Å². The molecule has 2 N–H and O–H groups in total. The Labute approximate surface area is 172 Å². The molecule has 0 bridgehead atoms. The largest absolute Gasteiger partial charge is 0.480 e. The number of aliphatic carboxylic acids is 1. The van der Waals surface area contributed by atoms with Gasteiger partial charge in [-0.15, -0.1) is 0 Å². The summed E-state index contributed by atoms with van der Waals surface area (Å²) < 4.78 is 5.43. The van der Waals surface area contributed by atoms with Gasteiger partial charge in [0.2, 0.25) is 0 Å². The van der Waals surface area contributed by atoms with Gasteiger partial charge >= 0.3 is 12.1 Å². The predicted octanol–water partition coefficient (Wildman–Crippen LogP) is 4.59. The number of amides is 1. The lowest BCUT2D eigenvalue weighted by Crippen LogP contribution is -2.46. The molecule has 0 saturated carbocycles. The number of hydrogen-bond donors (Lipinski definition) is 2. The summed E-state index contributed by atoms with van der Waals surface area (Å²) in [6.07, 6.45) is 1.04. The second-order valence-electron chi connectivity index (χ2n) is 6.90. The van der Waals surface area contributed by atoms with E-state index in [4.69, 9.17) is 27.6 Å². The molecule has 0 fully saturated rings. The lowest BCUT2D eigenvalue weighted by molar-refractivity contribution is -0.143. The average Bonchev–Trinajstić information content (AvgIpc) is 2.99. The molecular formula is C19H22Cl2N2O5. The molecule has 0 radical (unpaired) electrons. The molecule has 1 unspecified atom stereocenters. The number of benzene rings is 1. The second kappa shape index (κ2) is 9.80. The third-order valence-corrected chi connectivity index (χ3v) is 4.52. The van der Waals surface area contributed by atoms with Gasteiger partial charge in [0, 0.05) is 29.4 Å². The molecule has 7 nitrogen and oxygen atoms in total. The fraction of sp³-hybridized carbons (Fsp3) is 0.421. The van der Waals surface area contributed by atoms with E-state index < -0.39 is 18.1 Å².